The zero-order chi connectivity index (χ0) is 25.1. The van der Waals surface area contributed by atoms with Gasteiger partial charge in [0.15, 0.2) is 0 Å². The normalized spacial score (nSPS) is 17.5. The largest absolute Gasteiger partial charge is 0.573 e. The number of hydrogen-bond acceptors (Lipinski definition) is 5. The van der Waals surface area contributed by atoms with E-state index in [1.165, 1.54) is 12.1 Å². The number of morpholine rings is 1. The molecule has 1 spiro atoms. The van der Waals surface area contributed by atoms with Crippen molar-refractivity contribution < 1.29 is 32.2 Å². The highest BCUT2D eigenvalue weighted by Crippen LogP contribution is 2.31. The van der Waals surface area contributed by atoms with Crippen molar-refractivity contribution in [3.8, 4) is 11.8 Å². The van der Waals surface area contributed by atoms with Crippen LogP contribution in [0.1, 0.15) is 28.8 Å². The van der Waals surface area contributed by atoms with E-state index in [2.05, 4.69) is 10.1 Å². The van der Waals surface area contributed by atoms with Gasteiger partial charge >= 0.3 is 12.4 Å². The highest BCUT2D eigenvalue weighted by molar-refractivity contribution is 5.94. The molecule has 2 fully saturated rings. The average molecular weight is 488 g/mol. The molecule has 35 heavy (non-hydrogen) atoms. The fraction of sp³-hybridized carbons (Fsp3) is 0.375. The molecule has 2 aliphatic rings. The number of amides is 3. The molecule has 0 saturated carbocycles. The monoisotopic (exact) mass is 488 g/mol. The van der Waals surface area contributed by atoms with Crippen molar-refractivity contribution in [1.29, 1.82) is 5.26 Å². The molecule has 1 N–H and O–H groups in total. The van der Waals surface area contributed by atoms with Gasteiger partial charge in [0.1, 0.15) is 5.75 Å². The van der Waals surface area contributed by atoms with Gasteiger partial charge in [-0.1, -0.05) is 0 Å². The van der Waals surface area contributed by atoms with Gasteiger partial charge < -0.3 is 24.6 Å². The Labute approximate surface area is 199 Å². The zero-order valence-electron chi connectivity index (χ0n) is 18.7. The van der Waals surface area contributed by atoms with Crippen molar-refractivity contribution in [3.05, 3.63) is 59.7 Å². The highest BCUT2D eigenvalue weighted by atomic mass is 19.4. The first-order valence-corrected chi connectivity index (χ1v) is 11.0. The van der Waals surface area contributed by atoms with Crippen LogP contribution in [0.4, 0.5) is 23.7 Å². The molecule has 0 aliphatic carbocycles. The summed E-state index contributed by atoms with van der Waals surface area (Å²) in [5, 5.41) is 11.6. The number of carbonyl (C=O) groups is 2. The Morgan fingerprint density at radius 3 is 2.26 bits per heavy atom. The number of benzene rings is 2. The Hall–Kier alpha value is -3.78. The lowest BCUT2D eigenvalue weighted by atomic mass is 9.89. The molecule has 8 nitrogen and oxygen atoms in total. The Balaban J connectivity index is 1.32. The number of hydrogen-bond donors (Lipinski definition) is 1. The zero-order valence-corrected chi connectivity index (χ0v) is 18.7. The number of piperidine rings is 1. The second-order valence-electron chi connectivity index (χ2n) is 8.44. The number of anilines is 1. The summed E-state index contributed by atoms with van der Waals surface area (Å²) in [6, 6.07) is 13.1. The van der Waals surface area contributed by atoms with Crippen LogP contribution in [0.25, 0.3) is 0 Å². The number of ether oxygens (including phenoxy) is 2. The maximum Gasteiger partial charge on any atom is 0.573 e. The van der Waals surface area contributed by atoms with Gasteiger partial charge in [0.25, 0.3) is 5.91 Å². The number of alkyl halides is 3. The second-order valence-corrected chi connectivity index (χ2v) is 8.44. The molecule has 2 aromatic carbocycles. The van der Waals surface area contributed by atoms with E-state index in [4.69, 9.17) is 10.00 Å². The number of carbonyl (C=O) groups excluding carboxylic acids is 2. The van der Waals surface area contributed by atoms with E-state index in [1.54, 1.807) is 34.1 Å². The predicted molar refractivity (Wildman–Crippen MR) is 119 cm³/mol. The van der Waals surface area contributed by atoms with Gasteiger partial charge in [-0.3, -0.25) is 4.79 Å². The van der Waals surface area contributed by atoms with Crippen LogP contribution in [0.2, 0.25) is 0 Å². The lowest BCUT2D eigenvalue weighted by molar-refractivity contribution is -0.274. The molecule has 4 rings (SSSR count). The molecule has 2 aromatic rings. The number of nitriles is 1. The number of nitrogens with zero attached hydrogens (tertiary/aromatic N) is 3. The second kappa shape index (κ2) is 9.84. The third-order valence-electron chi connectivity index (χ3n) is 6.10. The number of rotatable bonds is 3. The summed E-state index contributed by atoms with van der Waals surface area (Å²) >= 11 is 0. The van der Waals surface area contributed by atoms with E-state index in [0.717, 1.165) is 12.1 Å². The number of urea groups is 1. The van der Waals surface area contributed by atoms with Gasteiger partial charge in [-0.2, -0.15) is 5.26 Å². The summed E-state index contributed by atoms with van der Waals surface area (Å²) < 4.78 is 46.8. The third kappa shape index (κ3) is 6.02. The van der Waals surface area contributed by atoms with Crippen LogP contribution in [0.15, 0.2) is 48.5 Å². The first-order valence-electron chi connectivity index (χ1n) is 11.0. The first-order chi connectivity index (χ1) is 16.7. The minimum atomic E-state index is -4.78. The van der Waals surface area contributed by atoms with Crippen molar-refractivity contribution in [2.24, 2.45) is 0 Å². The van der Waals surface area contributed by atoms with E-state index in [1.807, 2.05) is 6.07 Å². The predicted octanol–water partition coefficient (Wildman–Crippen LogP) is 4.00. The topological polar surface area (TPSA) is 94.9 Å². The van der Waals surface area contributed by atoms with Crippen molar-refractivity contribution in [2.45, 2.75) is 24.8 Å². The molecule has 0 unspecified atom stereocenters. The maximum absolute atomic E-state index is 12.8. The molecule has 0 atom stereocenters. The van der Waals surface area contributed by atoms with Gasteiger partial charge in [0.2, 0.25) is 0 Å². The van der Waals surface area contributed by atoms with E-state index in [9.17, 15) is 22.8 Å². The van der Waals surface area contributed by atoms with Crippen LogP contribution in [0.5, 0.6) is 5.75 Å². The minimum Gasteiger partial charge on any atom is -0.406 e. The first kappa shape index (κ1) is 24.3. The van der Waals surface area contributed by atoms with Crippen LogP contribution in [0, 0.1) is 11.3 Å². The number of nitrogens with one attached hydrogen (secondary N) is 1. The minimum absolute atomic E-state index is 0.118. The van der Waals surface area contributed by atoms with Crippen molar-refractivity contribution in [2.75, 3.05) is 38.1 Å². The van der Waals surface area contributed by atoms with E-state index < -0.39 is 12.0 Å². The standard InChI is InChI=1S/C24H23F3N4O4/c25-24(26,27)35-20-7-5-19(6-8-20)29-22(33)31-13-14-34-23(16-31)9-11-30(12-10-23)21(32)18-3-1-17(15-28)2-4-18/h1-8H,9-14,16H2,(H,29,33). The quantitative estimate of drug-likeness (QED) is 0.705. The van der Waals surface area contributed by atoms with Gasteiger partial charge in [-0.15, -0.1) is 13.2 Å². The molecule has 2 aliphatic heterocycles. The molecular formula is C24H23F3N4O4. The molecule has 2 saturated heterocycles. The van der Waals surface area contributed by atoms with Gasteiger partial charge in [0.05, 0.1) is 30.4 Å². The number of halogens is 3. The lowest BCUT2D eigenvalue weighted by Gasteiger charge is -2.47. The molecule has 3 amide bonds. The molecule has 0 aromatic heterocycles. The lowest BCUT2D eigenvalue weighted by Crippen LogP contribution is -2.59. The fourth-order valence-corrected chi connectivity index (χ4v) is 4.25. The molecule has 0 bridgehead atoms. The Kier molecular flexibility index (Phi) is 6.84. The van der Waals surface area contributed by atoms with Crippen LogP contribution in [-0.4, -0.2) is 66.5 Å². The van der Waals surface area contributed by atoms with Crippen molar-refractivity contribution in [3.63, 3.8) is 0 Å². The van der Waals surface area contributed by atoms with Crippen molar-refractivity contribution >= 4 is 17.6 Å². The molecule has 11 heteroatoms. The smallest absolute Gasteiger partial charge is 0.406 e. The molecular weight excluding hydrogens is 465 g/mol. The fourth-order valence-electron chi connectivity index (χ4n) is 4.25. The molecule has 0 radical (unpaired) electrons. The summed E-state index contributed by atoms with van der Waals surface area (Å²) in [5.41, 5.74) is 0.769. The summed E-state index contributed by atoms with van der Waals surface area (Å²) in [4.78, 5) is 28.9. The Bertz CT molecular complexity index is 1110. The summed E-state index contributed by atoms with van der Waals surface area (Å²) in [6.45, 7) is 1.99. The van der Waals surface area contributed by atoms with Gasteiger partial charge in [0, 0.05) is 30.9 Å². The van der Waals surface area contributed by atoms with Gasteiger partial charge in [-0.25, -0.2) is 4.79 Å². The van der Waals surface area contributed by atoms with Crippen LogP contribution >= 0.6 is 0 Å². The van der Waals surface area contributed by atoms with E-state index in [-0.39, 0.29) is 17.7 Å². The van der Waals surface area contributed by atoms with Crippen LogP contribution in [0.3, 0.4) is 0 Å². The molecule has 2 heterocycles. The van der Waals surface area contributed by atoms with Crippen LogP contribution in [-0.2, 0) is 4.74 Å². The van der Waals surface area contributed by atoms with E-state index in [0.29, 0.717) is 62.4 Å². The third-order valence-corrected chi connectivity index (χ3v) is 6.10. The van der Waals surface area contributed by atoms with Gasteiger partial charge in [-0.05, 0) is 61.4 Å². The summed E-state index contributed by atoms with van der Waals surface area (Å²) in [5.74, 6) is -0.490. The van der Waals surface area contributed by atoms with E-state index >= 15 is 0 Å². The average Bonchev–Trinajstić information content (AvgIpc) is 2.84. The maximum atomic E-state index is 12.8. The Morgan fingerprint density at radius 2 is 1.66 bits per heavy atom. The molecule has 184 valence electrons. The number of likely N-dealkylation sites (tertiary alicyclic amines) is 1. The summed E-state index contributed by atoms with van der Waals surface area (Å²) in [7, 11) is 0. The Morgan fingerprint density at radius 1 is 1.00 bits per heavy atom. The van der Waals surface area contributed by atoms with Crippen LogP contribution < -0.4 is 10.1 Å². The van der Waals surface area contributed by atoms with Crippen molar-refractivity contribution in [1.82, 2.24) is 9.80 Å². The highest BCUT2D eigenvalue weighted by Gasteiger charge is 2.42. The SMILES string of the molecule is N#Cc1ccc(C(=O)N2CCC3(CC2)CN(C(=O)Nc2ccc(OC(F)(F)F)cc2)CCO3)cc1. The summed E-state index contributed by atoms with van der Waals surface area (Å²) in [6.07, 6.45) is -3.67.